The summed E-state index contributed by atoms with van der Waals surface area (Å²) in [5.41, 5.74) is 7.18. The van der Waals surface area contributed by atoms with Gasteiger partial charge in [-0.25, -0.2) is 12.8 Å². The predicted octanol–water partition coefficient (Wildman–Crippen LogP) is 1.91. The van der Waals surface area contributed by atoms with Gasteiger partial charge >= 0.3 is 0 Å². The Morgan fingerprint density at radius 1 is 1.26 bits per heavy atom. The number of halogens is 1. The molecule has 0 saturated heterocycles. The van der Waals surface area contributed by atoms with Crippen LogP contribution in [0.5, 0.6) is 0 Å². The third-order valence-electron chi connectivity index (χ3n) is 2.48. The minimum absolute atomic E-state index is 0.233. The molecule has 0 radical (unpaired) electrons. The molecular weight excluding hydrogens is 269 g/mol. The molecule has 0 atom stereocenters. The molecule has 0 amide bonds. The number of nitrogens with two attached hydrogens (primary N) is 1. The molecule has 0 bridgehead atoms. The molecule has 0 aliphatic rings. The van der Waals surface area contributed by atoms with Gasteiger partial charge in [0.1, 0.15) is 10.7 Å². The van der Waals surface area contributed by atoms with Crippen molar-refractivity contribution < 1.29 is 12.8 Å². The van der Waals surface area contributed by atoms with Crippen molar-refractivity contribution in [2.45, 2.75) is 11.8 Å². The van der Waals surface area contributed by atoms with E-state index in [0.29, 0.717) is 16.9 Å². The van der Waals surface area contributed by atoms with Gasteiger partial charge in [-0.1, -0.05) is 0 Å². The topological polar surface area (TPSA) is 85.1 Å². The lowest BCUT2D eigenvalue weighted by atomic mass is 10.2. The van der Waals surface area contributed by atoms with Crippen molar-refractivity contribution in [3.63, 3.8) is 0 Å². The summed E-state index contributed by atoms with van der Waals surface area (Å²) in [7, 11) is -3.86. The molecule has 100 valence electrons. The maximum absolute atomic E-state index is 13.0. The summed E-state index contributed by atoms with van der Waals surface area (Å²) < 4.78 is 39.4. The largest absolute Gasteiger partial charge is 0.399 e. The Morgan fingerprint density at radius 2 is 2.00 bits per heavy atom. The molecule has 1 aromatic carbocycles. The van der Waals surface area contributed by atoms with Crippen molar-refractivity contribution >= 4 is 21.4 Å². The predicted molar refractivity (Wildman–Crippen MR) is 70.6 cm³/mol. The normalized spacial score (nSPS) is 11.3. The van der Waals surface area contributed by atoms with E-state index in [4.69, 9.17) is 5.73 Å². The van der Waals surface area contributed by atoms with Crippen LogP contribution in [0.25, 0.3) is 0 Å². The first-order valence-corrected chi connectivity index (χ1v) is 6.86. The first-order valence-electron chi connectivity index (χ1n) is 5.38. The van der Waals surface area contributed by atoms with Gasteiger partial charge in [-0.15, -0.1) is 0 Å². The van der Waals surface area contributed by atoms with Gasteiger partial charge in [0.05, 0.1) is 11.9 Å². The van der Waals surface area contributed by atoms with Crippen molar-refractivity contribution in [1.82, 2.24) is 4.98 Å². The molecule has 0 aliphatic heterocycles. The summed E-state index contributed by atoms with van der Waals surface area (Å²) in [4.78, 5) is 3.28. The summed E-state index contributed by atoms with van der Waals surface area (Å²) in [6, 6.07) is 5.67. The van der Waals surface area contributed by atoms with E-state index in [0.717, 1.165) is 18.5 Å². The molecule has 0 unspecified atom stereocenters. The van der Waals surface area contributed by atoms with Crippen molar-refractivity contribution in [3.05, 3.63) is 48.0 Å². The highest BCUT2D eigenvalue weighted by Crippen LogP contribution is 2.21. The Bertz CT molecular complexity index is 717. The standard InChI is InChI=1S/C12H12FN3O2S/c1-8-4-10(14)2-3-12(8)16-19(17,18)11-5-9(13)6-15-7-11/h2-7,16H,14H2,1H3. The van der Waals surface area contributed by atoms with Crippen LogP contribution in [0.3, 0.4) is 0 Å². The van der Waals surface area contributed by atoms with E-state index >= 15 is 0 Å². The minimum Gasteiger partial charge on any atom is -0.399 e. The molecule has 2 aromatic rings. The molecule has 0 spiro atoms. The van der Waals surface area contributed by atoms with Gasteiger partial charge in [0, 0.05) is 11.9 Å². The van der Waals surface area contributed by atoms with Crippen LogP contribution < -0.4 is 10.5 Å². The second kappa shape index (κ2) is 4.85. The Hall–Kier alpha value is -2.15. The molecule has 19 heavy (non-hydrogen) atoms. The Kier molecular flexibility index (Phi) is 3.39. The quantitative estimate of drug-likeness (QED) is 0.842. The minimum atomic E-state index is -3.86. The number of pyridine rings is 1. The number of nitrogens with one attached hydrogen (secondary N) is 1. The molecule has 3 N–H and O–H groups in total. The Balaban J connectivity index is 2.36. The SMILES string of the molecule is Cc1cc(N)ccc1NS(=O)(=O)c1cncc(F)c1. The first-order chi connectivity index (χ1) is 8.88. The van der Waals surface area contributed by atoms with Crippen molar-refractivity contribution in [2.75, 3.05) is 10.5 Å². The van der Waals surface area contributed by atoms with Gasteiger partial charge in [-0.3, -0.25) is 9.71 Å². The van der Waals surface area contributed by atoms with Gasteiger partial charge in [0.25, 0.3) is 10.0 Å². The van der Waals surface area contributed by atoms with Crippen LogP contribution in [0.2, 0.25) is 0 Å². The van der Waals surface area contributed by atoms with Crippen LogP contribution in [0, 0.1) is 12.7 Å². The fourth-order valence-corrected chi connectivity index (χ4v) is 2.65. The first kappa shape index (κ1) is 13.3. The summed E-state index contributed by atoms with van der Waals surface area (Å²) in [5.74, 6) is -0.711. The molecule has 1 heterocycles. The molecule has 1 aromatic heterocycles. The molecule has 0 fully saturated rings. The number of hydrogen-bond donors (Lipinski definition) is 2. The van der Waals surface area contributed by atoms with Crippen LogP contribution in [0.4, 0.5) is 15.8 Å². The summed E-state index contributed by atoms with van der Waals surface area (Å²) in [5, 5.41) is 0. The number of anilines is 2. The second-order valence-electron chi connectivity index (χ2n) is 4.02. The fourth-order valence-electron chi connectivity index (χ4n) is 1.54. The second-order valence-corrected chi connectivity index (χ2v) is 5.70. The third-order valence-corrected chi connectivity index (χ3v) is 3.82. The number of rotatable bonds is 3. The number of hydrogen-bond acceptors (Lipinski definition) is 4. The number of sulfonamides is 1. The lowest BCUT2D eigenvalue weighted by molar-refractivity contribution is 0.592. The average molecular weight is 281 g/mol. The summed E-state index contributed by atoms with van der Waals surface area (Å²) in [6.45, 7) is 1.72. The molecule has 5 nitrogen and oxygen atoms in total. The molecular formula is C12H12FN3O2S. The highest BCUT2D eigenvalue weighted by Gasteiger charge is 2.16. The third kappa shape index (κ3) is 3.00. The van der Waals surface area contributed by atoms with Crippen LogP contribution in [-0.2, 0) is 10.0 Å². The smallest absolute Gasteiger partial charge is 0.263 e. The van der Waals surface area contributed by atoms with Gasteiger partial charge in [-0.05, 0) is 36.8 Å². The lowest BCUT2D eigenvalue weighted by Gasteiger charge is -2.10. The molecule has 0 saturated carbocycles. The Morgan fingerprint density at radius 3 is 2.63 bits per heavy atom. The van der Waals surface area contributed by atoms with E-state index in [1.807, 2.05) is 0 Å². The van der Waals surface area contributed by atoms with Gasteiger partial charge in [0.15, 0.2) is 0 Å². The van der Waals surface area contributed by atoms with Crippen molar-refractivity contribution in [1.29, 1.82) is 0 Å². The number of aromatic nitrogens is 1. The zero-order valence-corrected chi connectivity index (χ0v) is 10.9. The fraction of sp³-hybridized carbons (Fsp3) is 0.0833. The monoisotopic (exact) mass is 281 g/mol. The number of aryl methyl sites for hydroxylation is 1. The maximum Gasteiger partial charge on any atom is 0.263 e. The van der Waals surface area contributed by atoms with Crippen molar-refractivity contribution in [2.24, 2.45) is 0 Å². The highest BCUT2D eigenvalue weighted by atomic mass is 32.2. The lowest BCUT2D eigenvalue weighted by Crippen LogP contribution is -2.14. The van der Waals surface area contributed by atoms with Crippen LogP contribution in [-0.4, -0.2) is 13.4 Å². The molecule has 0 aliphatic carbocycles. The van der Waals surface area contributed by atoms with E-state index in [1.165, 1.54) is 0 Å². The van der Waals surface area contributed by atoms with Crippen LogP contribution in [0.15, 0.2) is 41.6 Å². The maximum atomic E-state index is 13.0. The van der Waals surface area contributed by atoms with E-state index in [-0.39, 0.29) is 4.90 Å². The van der Waals surface area contributed by atoms with E-state index in [2.05, 4.69) is 9.71 Å². The van der Waals surface area contributed by atoms with Crippen LogP contribution in [0.1, 0.15) is 5.56 Å². The Labute approximate surface area is 110 Å². The van der Waals surface area contributed by atoms with Gasteiger partial charge < -0.3 is 5.73 Å². The highest BCUT2D eigenvalue weighted by molar-refractivity contribution is 7.92. The zero-order chi connectivity index (χ0) is 14.0. The van der Waals surface area contributed by atoms with Crippen molar-refractivity contribution in [3.8, 4) is 0 Å². The van der Waals surface area contributed by atoms with E-state index in [9.17, 15) is 12.8 Å². The van der Waals surface area contributed by atoms with E-state index < -0.39 is 15.8 Å². The zero-order valence-electron chi connectivity index (χ0n) is 10.1. The van der Waals surface area contributed by atoms with Gasteiger partial charge in [-0.2, -0.15) is 0 Å². The van der Waals surface area contributed by atoms with Crippen LogP contribution >= 0.6 is 0 Å². The van der Waals surface area contributed by atoms with Gasteiger partial charge in [0.2, 0.25) is 0 Å². The molecule has 7 heteroatoms. The molecule has 2 rings (SSSR count). The number of benzene rings is 1. The number of nitrogens with zero attached hydrogens (tertiary/aromatic N) is 1. The summed E-state index contributed by atoms with van der Waals surface area (Å²) >= 11 is 0. The summed E-state index contributed by atoms with van der Waals surface area (Å²) in [6.07, 6.45) is 2.02. The number of nitrogen functional groups attached to an aromatic ring is 1. The average Bonchev–Trinajstić information content (AvgIpc) is 2.33. The van der Waals surface area contributed by atoms with E-state index in [1.54, 1.807) is 25.1 Å².